The van der Waals surface area contributed by atoms with Crippen molar-refractivity contribution in [3.05, 3.63) is 83.0 Å². The number of aliphatic imine (C=N–C) groups is 1. The Morgan fingerprint density at radius 1 is 1.11 bits per heavy atom. The van der Waals surface area contributed by atoms with Gasteiger partial charge in [0.05, 0.1) is 19.2 Å². The molecule has 0 aliphatic heterocycles. The summed E-state index contributed by atoms with van der Waals surface area (Å²) in [5.74, 6) is 1.87. The van der Waals surface area contributed by atoms with E-state index in [9.17, 15) is 5.21 Å². The van der Waals surface area contributed by atoms with E-state index < -0.39 is 0 Å². The SMILES string of the molecule is COc1cccc(CN=C(NO)c2cccnc2Oc2ccc(Cl)cc2)c1. The van der Waals surface area contributed by atoms with Gasteiger partial charge >= 0.3 is 0 Å². The number of rotatable bonds is 6. The fourth-order valence-electron chi connectivity index (χ4n) is 2.39. The van der Waals surface area contributed by atoms with E-state index >= 15 is 0 Å². The Labute approximate surface area is 162 Å². The van der Waals surface area contributed by atoms with E-state index in [0.717, 1.165) is 11.3 Å². The quantitative estimate of drug-likeness (QED) is 0.373. The molecular formula is C20H18ClN3O3. The molecule has 138 valence electrons. The summed E-state index contributed by atoms with van der Waals surface area (Å²) in [4.78, 5) is 8.67. The molecule has 0 unspecified atom stereocenters. The van der Waals surface area contributed by atoms with Crippen LogP contribution < -0.4 is 15.0 Å². The molecule has 3 rings (SSSR count). The van der Waals surface area contributed by atoms with Crippen molar-refractivity contribution >= 4 is 17.4 Å². The Morgan fingerprint density at radius 2 is 1.93 bits per heavy atom. The van der Waals surface area contributed by atoms with E-state index in [4.69, 9.17) is 21.1 Å². The third-order valence-corrected chi connectivity index (χ3v) is 3.97. The molecular weight excluding hydrogens is 366 g/mol. The summed E-state index contributed by atoms with van der Waals surface area (Å²) in [5.41, 5.74) is 3.59. The first-order valence-electron chi connectivity index (χ1n) is 8.16. The van der Waals surface area contributed by atoms with Crippen LogP contribution in [-0.4, -0.2) is 23.1 Å². The number of hydrogen-bond acceptors (Lipinski definition) is 5. The van der Waals surface area contributed by atoms with Crippen molar-refractivity contribution in [2.75, 3.05) is 7.11 Å². The number of benzene rings is 2. The van der Waals surface area contributed by atoms with Crippen LogP contribution in [0.3, 0.4) is 0 Å². The summed E-state index contributed by atoms with van der Waals surface area (Å²) in [6.07, 6.45) is 1.60. The van der Waals surface area contributed by atoms with Crippen LogP contribution >= 0.6 is 11.6 Å². The van der Waals surface area contributed by atoms with Crippen LogP contribution in [0, 0.1) is 0 Å². The summed E-state index contributed by atoms with van der Waals surface area (Å²) in [5, 5.41) is 10.2. The minimum atomic E-state index is 0.245. The summed E-state index contributed by atoms with van der Waals surface area (Å²) in [7, 11) is 1.61. The zero-order valence-corrected chi connectivity index (χ0v) is 15.3. The maximum Gasteiger partial charge on any atom is 0.230 e. The summed E-state index contributed by atoms with van der Waals surface area (Å²) >= 11 is 5.90. The molecule has 2 aromatic carbocycles. The van der Waals surface area contributed by atoms with Crippen LogP contribution in [0.15, 0.2) is 71.9 Å². The number of nitrogens with one attached hydrogen (secondary N) is 1. The van der Waals surface area contributed by atoms with Gasteiger partial charge in [-0.2, -0.15) is 0 Å². The Morgan fingerprint density at radius 3 is 2.67 bits per heavy atom. The highest BCUT2D eigenvalue weighted by atomic mass is 35.5. The van der Waals surface area contributed by atoms with Crippen LogP contribution in [0.5, 0.6) is 17.4 Å². The van der Waals surface area contributed by atoms with Gasteiger partial charge in [0, 0.05) is 11.2 Å². The van der Waals surface area contributed by atoms with Crippen LogP contribution in [0.25, 0.3) is 0 Å². The maximum atomic E-state index is 9.58. The van der Waals surface area contributed by atoms with E-state index in [1.165, 1.54) is 0 Å². The molecule has 0 fully saturated rings. The van der Waals surface area contributed by atoms with Gasteiger partial charge in [-0.1, -0.05) is 23.7 Å². The van der Waals surface area contributed by atoms with Gasteiger partial charge in [-0.25, -0.2) is 4.98 Å². The maximum absolute atomic E-state index is 9.58. The second kappa shape index (κ2) is 9.02. The molecule has 2 N–H and O–H groups in total. The zero-order valence-electron chi connectivity index (χ0n) is 14.6. The number of nitrogens with zero attached hydrogens (tertiary/aromatic N) is 2. The van der Waals surface area contributed by atoms with E-state index in [1.807, 2.05) is 24.3 Å². The van der Waals surface area contributed by atoms with Gasteiger partial charge in [0.25, 0.3) is 0 Å². The highest BCUT2D eigenvalue weighted by molar-refractivity contribution is 6.30. The fraction of sp³-hybridized carbons (Fsp3) is 0.100. The topological polar surface area (TPSA) is 76.0 Å². The molecule has 0 aliphatic carbocycles. The van der Waals surface area contributed by atoms with Crippen molar-refractivity contribution in [1.29, 1.82) is 0 Å². The molecule has 27 heavy (non-hydrogen) atoms. The lowest BCUT2D eigenvalue weighted by atomic mass is 10.2. The van der Waals surface area contributed by atoms with E-state index in [1.54, 1.807) is 49.7 Å². The van der Waals surface area contributed by atoms with Crippen LogP contribution in [0.1, 0.15) is 11.1 Å². The first kappa shape index (κ1) is 18.7. The number of aromatic nitrogens is 1. The number of halogens is 1. The summed E-state index contributed by atoms with van der Waals surface area (Å²) < 4.78 is 11.0. The zero-order chi connectivity index (χ0) is 19.1. The average Bonchev–Trinajstić information content (AvgIpc) is 2.71. The largest absolute Gasteiger partial charge is 0.497 e. The molecule has 0 saturated carbocycles. The molecule has 0 saturated heterocycles. The number of amidine groups is 1. The van der Waals surface area contributed by atoms with Gasteiger partial charge in [-0.05, 0) is 54.1 Å². The third-order valence-electron chi connectivity index (χ3n) is 3.71. The Balaban J connectivity index is 1.85. The normalized spacial score (nSPS) is 11.1. The highest BCUT2D eigenvalue weighted by Crippen LogP contribution is 2.24. The monoisotopic (exact) mass is 383 g/mol. The molecule has 3 aromatic rings. The predicted octanol–water partition coefficient (Wildman–Crippen LogP) is 4.46. The van der Waals surface area contributed by atoms with Crippen molar-refractivity contribution in [2.24, 2.45) is 4.99 Å². The molecule has 0 spiro atoms. The lowest BCUT2D eigenvalue weighted by Crippen LogP contribution is -2.21. The second-order valence-electron chi connectivity index (χ2n) is 5.54. The summed E-state index contributed by atoms with van der Waals surface area (Å²) in [6.45, 7) is 0.343. The van der Waals surface area contributed by atoms with Gasteiger partial charge < -0.3 is 9.47 Å². The fourth-order valence-corrected chi connectivity index (χ4v) is 2.51. The van der Waals surface area contributed by atoms with Gasteiger partial charge in [0.15, 0.2) is 5.84 Å². The number of hydroxylamine groups is 1. The molecule has 0 aliphatic rings. The lowest BCUT2D eigenvalue weighted by molar-refractivity contribution is 0.234. The van der Waals surface area contributed by atoms with Crippen molar-refractivity contribution in [2.45, 2.75) is 6.54 Å². The number of hydrogen-bond donors (Lipinski definition) is 2. The predicted molar refractivity (Wildman–Crippen MR) is 104 cm³/mol. The van der Waals surface area contributed by atoms with E-state index in [2.05, 4.69) is 15.5 Å². The average molecular weight is 384 g/mol. The van der Waals surface area contributed by atoms with Crippen LogP contribution in [-0.2, 0) is 6.54 Å². The summed E-state index contributed by atoms with van der Waals surface area (Å²) in [6, 6.07) is 18.0. The van der Waals surface area contributed by atoms with Gasteiger partial charge in [-0.3, -0.25) is 15.7 Å². The molecule has 7 heteroatoms. The lowest BCUT2D eigenvalue weighted by Gasteiger charge is -2.11. The van der Waals surface area contributed by atoms with Crippen LogP contribution in [0.4, 0.5) is 0 Å². The van der Waals surface area contributed by atoms with Crippen molar-refractivity contribution in [3.63, 3.8) is 0 Å². The second-order valence-corrected chi connectivity index (χ2v) is 5.98. The Bertz CT molecular complexity index is 930. The number of ether oxygens (including phenoxy) is 2. The van der Waals surface area contributed by atoms with Crippen molar-refractivity contribution in [1.82, 2.24) is 10.5 Å². The number of pyridine rings is 1. The van der Waals surface area contributed by atoms with Crippen molar-refractivity contribution in [3.8, 4) is 17.4 Å². The minimum Gasteiger partial charge on any atom is -0.497 e. The standard InChI is InChI=1S/C20H18ClN3O3/c1-26-17-5-2-4-14(12-17)13-23-19(24-25)18-6-3-11-22-20(18)27-16-9-7-15(21)8-10-16/h2-12,25H,13H2,1H3,(H,23,24). The Hall–Kier alpha value is -3.09. The van der Waals surface area contributed by atoms with Crippen molar-refractivity contribution < 1.29 is 14.7 Å². The molecule has 0 amide bonds. The van der Waals surface area contributed by atoms with Crippen LogP contribution in [0.2, 0.25) is 5.02 Å². The van der Waals surface area contributed by atoms with Gasteiger partial charge in [0.2, 0.25) is 5.88 Å². The molecule has 0 radical (unpaired) electrons. The highest BCUT2D eigenvalue weighted by Gasteiger charge is 2.12. The smallest absolute Gasteiger partial charge is 0.230 e. The van der Waals surface area contributed by atoms with Gasteiger partial charge in [0.1, 0.15) is 11.5 Å². The molecule has 1 heterocycles. The van der Waals surface area contributed by atoms with E-state index in [0.29, 0.717) is 28.8 Å². The molecule has 0 bridgehead atoms. The van der Waals surface area contributed by atoms with Gasteiger partial charge in [-0.15, -0.1) is 0 Å². The Kier molecular flexibility index (Phi) is 6.25. The number of methoxy groups -OCH3 is 1. The minimum absolute atomic E-state index is 0.245. The van der Waals surface area contributed by atoms with E-state index in [-0.39, 0.29) is 5.84 Å². The molecule has 1 aromatic heterocycles. The first-order chi connectivity index (χ1) is 13.2. The third kappa shape index (κ3) is 4.97. The molecule has 0 atom stereocenters. The first-order valence-corrected chi connectivity index (χ1v) is 8.53. The molecule has 6 nitrogen and oxygen atoms in total.